The molecular weight excluding hydrogens is 255 g/mol. The van der Waals surface area contributed by atoms with Crippen molar-refractivity contribution in [2.24, 2.45) is 0 Å². The highest BCUT2D eigenvalue weighted by Gasteiger charge is 2.52. The van der Waals surface area contributed by atoms with Gasteiger partial charge in [0.25, 0.3) is 0 Å². The Morgan fingerprint density at radius 2 is 2.21 bits per heavy atom. The maximum absolute atomic E-state index is 14.4. The van der Waals surface area contributed by atoms with Crippen LogP contribution < -0.4 is 0 Å². The first-order valence-electron chi connectivity index (χ1n) is 6.57. The van der Waals surface area contributed by atoms with E-state index in [-0.39, 0.29) is 38.2 Å². The molecule has 1 N–H and O–H groups in total. The lowest BCUT2D eigenvalue weighted by Crippen LogP contribution is -2.65. The number of carbonyl (C=O) groups excluding carboxylic acids is 1. The van der Waals surface area contributed by atoms with Gasteiger partial charge in [-0.2, -0.15) is 0 Å². The van der Waals surface area contributed by atoms with Crippen molar-refractivity contribution in [3.63, 3.8) is 0 Å². The van der Waals surface area contributed by atoms with Crippen molar-refractivity contribution >= 4 is 12.0 Å². The molecule has 19 heavy (non-hydrogen) atoms. The van der Waals surface area contributed by atoms with Crippen molar-refractivity contribution in [1.82, 2.24) is 9.80 Å². The lowest BCUT2D eigenvalue weighted by molar-refractivity contribution is -0.187. The second-order valence-corrected chi connectivity index (χ2v) is 5.55. The number of rotatable bonds is 1. The van der Waals surface area contributed by atoms with E-state index in [1.54, 1.807) is 4.90 Å². The van der Waals surface area contributed by atoms with Crippen LogP contribution in [0.1, 0.15) is 19.3 Å². The fourth-order valence-electron chi connectivity index (χ4n) is 2.88. The fraction of sp³-hybridized carbons (Fsp3) is 0.833. The van der Waals surface area contributed by atoms with Crippen LogP contribution in [0.3, 0.4) is 0 Å². The third-order valence-corrected chi connectivity index (χ3v) is 4.26. The zero-order valence-corrected chi connectivity index (χ0v) is 10.5. The third-order valence-electron chi connectivity index (χ3n) is 4.26. The van der Waals surface area contributed by atoms with E-state index in [1.807, 2.05) is 0 Å². The van der Waals surface area contributed by atoms with Crippen LogP contribution in [0.5, 0.6) is 0 Å². The molecule has 6 nitrogen and oxygen atoms in total. The number of ether oxygens (including phenoxy) is 1. The first-order valence-corrected chi connectivity index (χ1v) is 6.57. The average molecular weight is 272 g/mol. The smallest absolute Gasteiger partial charge is 0.407 e. The Morgan fingerprint density at radius 3 is 2.79 bits per heavy atom. The summed E-state index contributed by atoms with van der Waals surface area (Å²) in [7, 11) is 0. The molecule has 0 aromatic heterocycles. The zero-order valence-electron chi connectivity index (χ0n) is 10.5. The van der Waals surface area contributed by atoms with E-state index >= 15 is 0 Å². The quantitative estimate of drug-likeness (QED) is 0.753. The molecular formula is C12H17FN2O4. The molecule has 2 atom stereocenters. The highest BCUT2D eigenvalue weighted by molar-refractivity contribution is 5.79. The first kappa shape index (κ1) is 12.7. The van der Waals surface area contributed by atoms with Crippen LogP contribution in [0.25, 0.3) is 0 Å². The summed E-state index contributed by atoms with van der Waals surface area (Å²) < 4.78 is 19.8. The summed E-state index contributed by atoms with van der Waals surface area (Å²) in [6, 6.07) is 0.234. The number of amides is 2. The van der Waals surface area contributed by atoms with Gasteiger partial charge in [-0.15, -0.1) is 0 Å². The zero-order chi connectivity index (χ0) is 13.6. The van der Waals surface area contributed by atoms with Crippen LogP contribution in [0, 0.1) is 0 Å². The highest BCUT2D eigenvalue weighted by Crippen LogP contribution is 2.37. The lowest BCUT2D eigenvalue weighted by atomic mass is 9.87. The first-order chi connectivity index (χ1) is 9.02. The van der Waals surface area contributed by atoms with Crippen molar-refractivity contribution in [2.75, 3.05) is 26.2 Å². The molecule has 0 aromatic rings. The van der Waals surface area contributed by atoms with Crippen LogP contribution >= 0.6 is 0 Å². The van der Waals surface area contributed by atoms with Gasteiger partial charge in [-0.25, -0.2) is 9.18 Å². The van der Waals surface area contributed by atoms with Crippen LogP contribution in [-0.2, 0) is 9.53 Å². The monoisotopic (exact) mass is 272 g/mol. The standard InChI is InChI=1S/C12H17FN2O4/c13-9-5-14(11(17)18)4-3-12(9)7-15(8-1-2-8)10(16)6-19-12/h8-9H,1-7H2,(H,17,18). The van der Waals surface area contributed by atoms with Crippen LogP contribution in [0.4, 0.5) is 9.18 Å². The van der Waals surface area contributed by atoms with Gasteiger partial charge in [-0.1, -0.05) is 0 Å². The Balaban J connectivity index is 1.73. The minimum atomic E-state index is -1.38. The predicted octanol–water partition coefficient (Wildman–Crippen LogP) is 0.468. The SMILES string of the molecule is O=C(O)N1CCC2(CN(C3CC3)C(=O)CO2)C(F)C1. The van der Waals surface area contributed by atoms with Crippen molar-refractivity contribution in [3.05, 3.63) is 0 Å². The van der Waals surface area contributed by atoms with Crippen LogP contribution in [-0.4, -0.2) is 71.0 Å². The molecule has 2 unspecified atom stereocenters. The second-order valence-electron chi connectivity index (χ2n) is 5.55. The number of carbonyl (C=O) groups is 2. The molecule has 3 aliphatic rings. The van der Waals surface area contributed by atoms with Crippen molar-refractivity contribution < 1.29 is 23.8 Å². The van der Waals surface area contributed by atoms with E-state index in [0.29, 0.717) is 6.42 Å². The van der Waals surface area contributed by atoms with Gasteiger partial charge in [0.2, 0.25) is 5.91 Å². The summed E-state index contributed by atoms with van der Waals surface area (Å²) in [6.45, 7) is 0.236. The molecule has 1 aliphatic carbocycles. The minimum Gasteiger partial charge on any atom is -0.465 e. The molecule has 3 fully saturated rings. The van der Waals surface area contributed by atoms with Crippen molar-refractivity contribution in [3.8, 4) is 0 Å². The molecule has 106 valence electrons. The third kappa shape index (κ3) is 2.16. The number of nitrogens with zero attached hydrogens (tertiary/aromatic N) is 2. The van der Waals surface area contributed by atoms with Gasteiger partial charge in [0.15, 0.2) is 0 Å². The van der Waals surface area contributed by atoms with E-state index in [4.69, 9.17) is 9.84 Å². The predicted molar refractivity (Wildman–Crippen MR) is 62.5 cm³/mol. The van der Waals surface area contributed by atoms with Gasteiger partial charge in [-0.3, -0.25) is 4.79 Å². The summed E-state index contributed by atoms with van der Waals surface area (Å²) in [6.07, 6.45) is -0.244. The van der Waals surface area contributed by atoms with E-state index < -0.39 is 17.9 Å². The molecule has 0 aromatic carbocycles. The molecule has 7 heteroatoms. The fourth-order valence-corrected chi connectivity index (χ4v) is 2.88. The number of hydrogen-bond donors (Lipinski definition) is 1. The van der Waals surface area contributed by atoms with Crippen LogP contribution in [0.15, 0.2) is 0 Å². The van der Waals surface area contributed by atoms with E-state index in [0.717, 1.165) is 17.7 Å². The van der Waals surface area contributed by atoms with Gasteiger partial charge in [0.05, 0.1) is 13.1 Å². The molecule has 2 aliphatic heterocycles. The molecule has 1 saturated carbocycles. The maximum atomic E-state index is 14.4. The van der Waals surface area contributed by atoms with Crippen molar-refractivity contribution in [2.45, 2.75) is 37.1 Å². The van der Waals surface area contributed by atoms with Crippen molar-refractivity contribution in [1.29, 1.82) is 0 Å². The Labute approximate surface area is 110 Å². The summed E-state index contributed by atoms with van der Waals surface area (Å²) in [4.78, 5) is 25.4. The summed E-state index contributed by atoms with van der Waals surface area (Å²) in [5.74, 6) is -0.0824. The minimum absolute atomic E-state index is 0.0824. The molecule has 2 heterocycles. The van der Waals surface area contributed by atoms with Gasteiger partial charge in [-0.05, 0) is 19.3 Å². The Morgan fingerprint density at radius 1 is 1.47 bits per heavy atom. The van der Waals surface area contributed by atoms with E-state index in [1.165, 1.54) is 0 Å². The molecule has 2 saturated heterocycles. The highest BCUT2D eigenvalue weighted by atomic mass is 19.1. The summed E-state index contributed by atoms with van der Waals surface area (Å²) in [5.41, 5.74) is -1.01. The average Bonchev–Trinajstić information content (AvgIpc) is 3.19. The Hall–Kier alpha value is -1.37. The topological polar surface area (TPSA) is 70.1 Å². The molecule has 3 rings (SSSR count). The van der Waals surface area contributed by atoms with Gasteiger partial charge in [0, 0.05) is 12.6 Å². The van der Waals surface area contributed by atoms with Gasteiger partial charge < -0.3 is 19.6 Å². The number of alkyl halides is 1. The van der Waals surface area contributed by atoms with Crippen LogP contribution in [0.2, 0.25) is 0 Å². The number of hydrogen-bond acceptors (Lipinski definition) is 3. The number of likely N-dealkylation sites (tertiary alicyclic amines) is 1. The number of morpholine rings is 1. The molecule has 0 radical (unpaired) electrons. The largest absolute Gasteiger partial charge is 0.465 e. The molecule has 1 spiro atoms. The maximum Gasteiger partial charge on any atom is 0.407 e. The second kappa shape index (κ2) is 4.33. The number of carboxylic acid groups (broad SMARTS) is 1. The Bertz CT molecular complexity index is 415. The number of halogens is 1. The molecule has 2 amide bonds. The summed E-state index contributed by atoms with van der Waals surface area (Å²) >= 11 is 0. The van der Waals surface area contributed by atoms with Gasteiger partial charge in [0.1, 0.15) is 18.4 Å². The number of piperidine rings is 1. The normalized spacial score (nSPS) is 35.8. The van der Waals surface area contributed by atoms with E-state index in [2.05, 4.69) is 0 Å². The lowest BCUT2D eigenvalue weighted by Gasteiger charge is -2.48. The molecule has 0 bridgehead atoms. The Kier molecular flexibility index (Phi) is 2.88. The van der Waals surface area contributed by atoms with Gasteiger partial charge >= 0.3 is 6.09 Å². The van der Waals surface area contributed by atoms with E-state index in [9.17, 15) is 14.0 Å². The summed E-state index contributed by atoms with van der Waals surface area (Å²) in [5, 5.41) is 8.89.